The standard InChI is InChI=1S/8O.2Sb.3Zr/q;;6*-1;;;3*+2. The summed E-state index contributed by atoms with van der Waals surface area (Å²) in [6, 6.07) is 0. The van der Waals surface area contributed by atoms with Gasteiger partial charge < -0.3 is 0 Å². The van der Waals surface area contributed by atoms with Gasteiger partial charge in [-0.3, -0.25) is 0 Å². The maximum atomic E-state index is 8.64. The number of hydrogen-bond donors (Lipinski definition) is 0. The summed E-state index contributed by atoms with van der Waals surface area (Å²) >= 11 is -12.2. The molecule has 0 radical (unpaired) electrons. The first-order valence-corrected chi connectivity index (χ1v) is 9.80. The quantitative estimate of drug-likeness (QED) is 0.234. The van der Waals surface area contributed by atoms with Gasteiger partial charge in [0.1, 0.15) is 0 Å². The van der Waals surface area contributed by atoms with Crippen LogP contribution in [-0.2, 0) is 84.6 Å². The zero-order valence-electron chi connectivity index (χ0n) is 5.66. The fraction of sp³-hybridized carbons (Fsp3) is 0. The Morgan fingerprint density at radius 1 is 0.538 bits per heavy atom. The van der Waals surface area contributed by atoms with Crippen molar-refractivity contribution in [1.82, 2.24) is 0 Å². The molecule has 8 nitrogen and oxygen atoms in total. The predicted molar refractivity (Wildman–Crippen MR) is 12.9 cm³/mol. The van der Waals surface area contributed by atoms with E-state index in [4.69, 9.17) is 26.3 Å². The second kappa shape index (κ2) is 13.7. The second-order valence-corrected chi connectivity index (χ2v) is 6.00. The van der Waals surface area contributed by atoms with E-state index < -0.39 is 40.1 Å². The van der Waals surface area contributed by atoms with Crippen LogP contribution in [0.25, 0.3) is 0 Å². The molecular formula is O8Sb2Zr3. The van der Waals surface area contributed by atoms with Crippen LogP contribution in [0.5, 0.6) is 0 Å². The van der Waals surface area contributed by atoms with Crippen molar-refractivity contribution in [2.24, 2.45) is 0 Å². The van der Waals surface area contributed by atoms with Crippen molar-refractivity contribution in [3.05, 3.63) is 0 Å². The minimum absolute atomic E-state index is 0. The van der Waals surface area contributed by atoms with Gasteiger partial charge in [-0.15, -0.1) is 0 Å². The van der Waals surface area contributed by atoms with E-state index in [2.05, 4.69) is 0 Å². The van der Waals surface area contributed by atoms with Crippen LogP contribution in [0.15, 0.2) is 0 Å². The average Bonchev–Trinajstić information content (AvgIpc) is 1.12. The molecule has 0 heterocycles. The van der Waals surface area contributed by atoms with Crippen LogP contribution in [0.3, 0.4) is 0 Å². The maximum absolute atomic E-state index is 8.64. The first kappa shape index (κ1) is 30.0. The van der Waals surface area contributed by atoms with Gasteiger partial charge in [-0.1, -0.05) is 0 Å². The molecule has 0 aliphatic carbocycles. The SMILES string of the molecule is [O]=[Sb]([O-])([O-])[O-].[O]=[Sb]([O-])([O-])[O-].[Zr+2].[Zr+2].[Zr+2]. The van der Waals surface area contributed by atoms with Crippen molar-refractivity contribution in [2.75, 3.05) is 0 Å². The van der Waals surface area contributed by atoms with Gasteiger partial charge in [0.25, 0.3) is 0 Å². The minimum atomic E-state index is -6.10. The van der Waals surface area contributed by atoms with Crippen LogP contribution >= 0.6 is 0 Å². The van der Waals surface area contributed by atoms with Gasteiger partial charge in [0.05, 0.1) is 0 Å². The molecular weight excluding hydrogens is 645 g/mol. The summed E-state index contributed by atoms with van der Waals surface area (Å²) in [6.45, 7) is 0. The Morgan fingerprint density at radius 2 is 0.538 bits per heavy atom. The molecule has 0 unspecified atom stereocenters. The zero-order chi connectivity index (χ0) is 9.00. The van der Waals surface area contributed by atoms with E-state index in [1.807, 2.05) is 0 Å². The molecule has 0 fully saturated rings. The third-order valence-electron chi connectivity index (χ3n) is 0. The smallest absolute Gasteiger partial charge is 2.00 e. The van der Waals surface area contributed by atoms with E-state index in [-0.39, 0.29) is 78.6 Å². The Kier molecular flexibility index (Phi) is 31.7. The van der Waals surface area contributed by atoms with E-state index in [1.165, 1.54) is 0 Å². The molecule has 0 aromatic rings. The van der Waals surface area contributed by atoms with Crippen LogP contribution in [0.1, 0.15) is 0 Å². The Bertz CT molecular complexity index is 130. The van der Waals surface area contributed by atoms with Gasteiger partial charge in [-0.2, -0.15) is 0 Å². The van der Waals surface area contributed by atoms with Gasteiger partial charge in [0.15, 0.2) is 0 Å². The maximum Gasteiger partial charge on any atom is 2.00 e. The summed E-state index contributed by atoms with van der Waals surface area (Å²) in [4.78, 5) is 0. The van der Waals surface area contributed by atoms with Crippen LogP contribution in [0.2, 0.25) is 0 Å². The molecule has 0 aliphatic rings. The van der Waals surface area contributed by atoms with Crippen LogP contribution < -0.4 is 20.3 Å². The van der Waals surface area contributed by atoms with Crippen LogP contribution in [-0.4, -0.2) is 40.1 Å². The second-order valence-electron chi connectivity index (χ2n) is 0.894. The fourth-order valence-electron chi connectivity index (χ4n) is 0. The molecule has 70 valence electrons. The zero-order valence-corrected chi connectivity index (χ0v) is 18.1. The summed E-state index contributed by atoms with van der Waals surface area (Å²) in [5.74, 6) is 0. The Morgan fingerprint density at radius 3 is 0.538 bits per heavy atom. The molecule has 0 atom stereocenters. The summed E-state index contributed by atoms with van der Waals surface area (Å²) < 4.78 is 69.1. The van der Waals surface area contributed by atoms with E-state index in [0.717, 1.165) is 0 Å². The molecule has 13 heteroatoms. The topological polar surface area (TPSA) is 172 Å². The van der Waals surface area contributed by atoms with Crippen LogP contribution in [0.4, 0.5) is 0 Å². The summed E-state index contributed by atoms with van der Waals surface area (Å²) in [7, 11) is 0. The molecule has 0 bridgehead atoms. The van der Waals surface area contributed by atoms with Crippen molar-refractivity contribution in [3.8, 4) is 0 Å². The van der Waals surface area contributed by atoms with Gasteiger partial charge in [-0.25, -0.2) is 0 Å². The largest absolute Gasteiger partial charge is 2.00 e. The molecule has 0 spiro atoms. The van der Waals surface area contributed by atoms with Crippen molar-refractivity contribution in [1.29, 1.82) is 0 Å². The third kappa shape index (κ3) is 219. The molecule has 13 heavy (non-hydrogen) atoms. The first-order chi connectivity index (χ1) is 4.00. The monoisotopic (exact) mass is 639 g/mol. The van der Waals surface area contributed by atoms with E-state index >= 15 is 0 Å². The number of hydrogen-bond acceptors (Lipinski definition) is 8. The number of rotatable bonds is 0. The molecule has 0 saturated carbocycles. The average molecular weight is 645 g/mol. The Balaban J connectivity index is -0.0000000267. The van der Waals surface area contributed by atoms with Gasteiger partial charge in [0.2, 0.25) is 0 Å². The van der Waals surface area contributed by atoms with E-state index in [0.29, 0.717) is 0 Å². The van der Waals surface area contributed by atoms with Gasteiger partial charge in [-0.05, 0) is 0 Å². The minimum Gasteiger partial charge on any atom is 2.00 e. The third-order valence-corrected chi connectivity index (χ3v) is 0. The molecule has 0 aromatic carbocycles. The van der Waals surface area contributed by atoms with E-state index in [9.17, 15) is 0 Å². The molecule has 0 aromatic heterocycles. The van der Waals surface area contributed by atoms with Gasteiger partial charge >= 0.3 is 145 Å². The summed E-state index contributed by atoms with van der Waals surface area (Å²) in [5, 5.41) is 0. The molecule has 0 aliphatic heterocycles. The Hall–Kier alpha value is 3.65. The Labute approximate surface area is 142 Å². The van der Waals surface area contributed by atoms with Crippen LogP contribution in [0, 0.1) is 0 Å². The molecule has 0 N–H and O–H groups in total. The van der Waals surface area contributed by atoms with E-state index in [1.54, 1.807) is 0 Å². The molecule has 0 saturated heterocycles. The van der Waals surface area contributed by atoms with Gasteiger partial charge in [0, 0.05) is 0 Å². The first-order valence-electron chi connectivity index (χ1n) is 1.46. The normalized spacial score (nSPS) is 9.08. The van der Waals surface area contributed by atoms with Crippen molar-refractivity contribution >= 4 is 40.1 Å². The molecule has 0 rings (SSSR count). The fourth-order valence-corrected chi connectivity index (χ4v) is 0. The molecule has 0 amide bonds. The van der Waals surface area contributed by atoms with Crippen molar-refractivity contribution < 1.29 is 105 Å². The van der Waals surface area contributed by atoms with Crippen molar-refractivity contribution in [2.45, 2.75) is 0 Å². The van der Waals surface area contributed by atoms with Crippen molar-refractivity contribution in [3.63, 3.8) is 0 Å². The summed E-state index contributed by atoms with van der Waals surface area (Å²) in [5.41, 5.74) is 0. The summed E-state index contributed by atoms with van der Waals surface area (Å²) in [6.07, 6.45) is 0. The predicted octanol–water partition coefficient (Wildman–Crippen LogP) is -8.14.